The first kappa shape index (κ1) is 20.9. The van der Waals surface area contributed by atoms with E-state index in [1.807, 2.05) is 6.92 Å². The van der Waals surface area contributed by atoms with Crippen molar-refractivity contribution in [3.63, 3.8) is 0 Å². The number of nitrogens with zero attached hydrogens (tertiary/aromatic N) is 2. The maximum absolute atomic E-state index is 13.2. The number of carbonyl (C=O) groups is 1. The summed E-state index contributed by atoms with van der Waals surface area (Å²) in [5, 5.41) is 11.4. The molecule has 3 rings (SSSR count). The Morgan fingerprint density at radius 3 is 2.24 bits per heavy atom. The van der Waals surface area contributed by atoms with Crippen LogP contribution in [0.25, 0.3) is 0 Å². The molecule has 8 nitrogen and oxygen atoms in total. The van der Waals surface area contributed by atoms with Crippen LogP contribution in [0.1, 0.15) is 37.9 Å². The van der Waals surface area contributed by atoms with E-state index >= 15 is 0 Å². The minimum Gasteiger partial charge on any atom is -0.459 e. The van der Waals surface area contributed by atoms with E-state index in [1.54, 1.807) is 39.0 Å². The predicted octanol–water partition coefficient (Wildman–Crippen LogP) is 3.36. The first-order valence-electron chi connectivity index (χ1n) is 9.00. The van der Waals surface area contributed by atoms with Crippen molar-refractivity contribution in [2.45, 2.75) is 50.3 Å². The molecule has 0 spiro atoms. The average Bonchev–Trinajstić information content (AvgIpc) is 3.37. The van der Waals surface area contributed by atoms with Crippen molar-refractivity contribution in [3.8, 4) is 0 Å². The van der Waals surface area contributed by atoms with Crippen LogP contribution in [0.15, 0.2) is 53.4 Å². The maximum Gasteiger partial charge on any atom is 0.327 e. The van der Waals surface area contributed by atoms with Crippen molar-refractivity contribution < 1.29 is 22.9 Å². The number of aryl methyl sites for hydroxylation is 1. The first-order chi connectivity index (χ1) is 13.4. The number of sulfonamides is 1. The number of para-hydroxylation sites is 1. The van der Waals surface area contributed by atoms with E-state index in [1.165, 1.54) is 30.3 Å². The van der Waals surface area contributed by atoms with Gasteiger partial charge in [-0.1, -0.05) is 35.9 Å². The predicted molar refractivity (Wildman–Crippen MR) is 106 cm³/mol. The van der Waals surface area contributed by atoms with Crippen molar-refractivity contribution in [2.75, 3.05) is 0 Å². The minimum absolute atomic E-state index is 0.0118. The fourth-order valence-electron chi connectivity index (χ4n) is 3.15. The molecule has 154 valence electrons. The molecular formula is C20H22N2O6S. The van der Waals surface area contributed by atoms with Gasteiger partial charge in [0.05, 0.1) is 21.4 Å². The monoisotopic (exact) mass is 418 g/mol. The molecule has 0 saturated carbocycles. The van der Waals surface area contributed by atoms with Gasteiger partial charge >= 0.3 is 5.97 Å². The fourth-order valence-corrected chi connectivity index (χ4v) is 4.85. The van der Waals surface area contributed by atoms with E-state index in [2.05, 4.69) is 0 Å². The molecule has 0 radical (unpaired) electrons. The van der Waals surface area contributed by atoms with Gasteiger partial charge in [-0.15, -0.1) is 0 Å². The number of nitro benzene ring substituents is 1. The zero-order valence-corrected chi connectivity index (χ0v) is 17.3. The molecule has 3 atom stereocenters. The molecule has 1 fully saturated rings. The highest BCUT2D eigenvalue weighted by Gasteiger charge is 2.63. The number of hydrogen-bond acceptors (Lipinski definition) is 6. The molecule has 9 heteroatoms. The molecule has 1 aliphatic heterocycles. The Balaban J connectivity index is 2.06. The number of hydrogen-bond donors (Lipinski definition) is 0. The summed E-state index contributed by atoms with van der Waals surface area (Å²) in [6, 6.07) is 9.85. The van der Waals surface area contributed by atoms with Gasteiger partial charge in [0, 0.05) is 6.07 Å². The van der Waals surface area contributed by atoms with Gasteiger partial charge < -0.3 is 4.74 Å². The fraction of sp³-hybridized carbons (Fsp3) is 0.350. The Morgan fingerprint density at radius 1 is 1.10 bits per heavy atom. The Hall–Kier alpha value is -2.78. The van der Waals surface area contributed by atoms with Gasteiger partial charge in [0.15, 0.2) is 0 Å². The summed E-state index contributed by atoms with van der Waals surface area (Å²) in [5.74, 6) is -0.740. The summed E-state index contributed by atoms with van der Waals surface area (Å²) < 4.78 is 32.8. The molecule has 0 amide bonds. The number of carbonyl (C=O) groups excluding carboxylic acids is 1. The van der Waals surface area contributed by atoms with Gasteiger partial charge in [-0.05, 0) is 39.8 Å². The van der Waals surface area contributed by atoms with E-state index in [9.17, 15) is 23.3 Å². The highest BCUT2D eigenvalue weighted by molar-refractivity contribution is 7.89. The van der Waals surface area contributed by atoms with E-state index in [-0.39, 0.29) is 16.1 Å². The van der Waals surface area contributed by atoms with Gasteiger partial charge in [0.25, 0.3) is 5.69 Å². The van der Waals surface area contributed by atoms with Crippen LogP contribution in [0.3, 0.4) is 0 Å². The molecule has 0 N–H and O–H groups in total. The molecule has 0 aromatic heterocycles. The molecule has 29 heavy (non-hydrogen) atoms. The summed E-state index contributed by atoms with van der Waals surface area (Å²) in [7, 11) is -4.06. The lowest BCUT2D eigenvalue weighted by Gasteiger charge is -2.19. The Bertz CT molecular complexity index is 1060. The van der Waals surface area contributed by atoms with Crippen LogP contribution in [-0.4, -0.2) is 35.3 Å². The van der Waals surface area contributed by atoms with E-state index in [0.717, 1.165) is 9.87 Å². The van der Waals surface area contributed by atoms with E-state index in [4.69, 9.17) is 4.74 Å². The second-order valence-electron chi connectivity index (χ2n) is 7.89. The quantitative estimate of drug-likeness (QED) is 0.319. The lowest BCUT2D eigenvalue weighted by Crippen LogP contribution is -2.29. The summed E-state index contributed by atoms with van der Waals surface area (Å²) in [6.07, 6.45) is 0. The molecule has 1 unspecified atom stereocenters. The molecule has 0 aliphatic carbocycles. The van der Waals surface area contributed by atoms with Gasteiger partial charge in [-0.25, -0.2) is 8.42 Å². The zero-order valence-electron chi connectivity index (χ0n) is 16.5. The SMILES string of the molecule is Cc1ccc(S(=O)(=O)N2[C@H](C(=O)OC(C)(C)C)[C@H]2c2ccccc2[N+](=O)[O-])cc1. The van der Waals surface area contributed by atoms with E-state index in [0.29, 0.717) is 0 Å². The zero-order chi connectivity index (χ0) is 21.6. The minimum atomic E-state index is -4.06. The summed E-state index contributed by atoms with van der Waals surface area (Å²) in [4.78, 5) is 23.6. The summed E-state index contributed by atoms with van der Waals surface area (Å²) >= 11 is 0. The van der Waals surface area contributed by atoms with Crippen LogP contribution in [0.5, 0.6) is 0 Å². The van der Waals surface area contributed by atoms with Crippen LogP contribution < -0.4 is 0 Å². The third-order valence-corrected chi connectivity index (χ3v) is 6.33. The summed E-state index contributed by atoms with van der Waals surface area (Å²) in [5.41, 5.74) is -0.0306. The molecular weight excluding hydrogens is 396 g/mol. The van der Waals surface area contributed by atoms with Crippen LogP contribution in [0.4, 0.5) is 5.69 Å². The van der Waals surface area contributed by atoms with Gasteiger partial charge in [-0.2, -0.15) is 4.31 Å². The Labute approximate surface area is 169 Å². The van der Waals surface area contributed by atoms with Gasteiger partial charge in [0.1, 0.15) is 11.6 Å². The maximum atomic E-state index is 13.2. The second kappa shape index (κ2) is 7.23. The average molecular weight is 418 g/mol. The van der Waals surface area contributed by atoms with Crippen LogP contribution in [0, 0.1) is 17.0 Å². The largest absolute Gasteiger partial charge is 0.459 e. The van der Waals surface area contributed by atoms with Gasteiger partial charge in [0.2, 0.25) is 10.0 Å². The van der Waals surface area contributed by atoms with Crippen molar-refractivity contribution in [3.05, 3.63) is 69.8 Å². The first-order valence-corrected chi connectivity index (χ1v) is 10.4. The highest BCUT2D eigenvalue weighted by atomic mass is 32.2. The van der Waals surface area contributed by atoms with Gasteiger partial charge in [-0.3, -0.25) is 14.9 Å². The third kappa shape index (κ3) is 4.15. The molecule has 2 aromatic carbocycles. The van der Waals surface area contributed by atoms with Crippen LogP contribution in [-0.2, 0) is 19.6 Å². The standard InChI is InChI=1S/C20H22N2O6S/c1-13-9-11-14(12-10-13)29(26,27)21-17(18(21)19(23)28-20(2,3)4)15-7-5-6-8-16(15)22(24)25/h5-12,17-18H,1-4H3/t17-,18+,21?/m1/s1. The van der Waals surface area contributed by atoms with Crippen molar-refractivity contribution in [2.24, 2.45) is 0 Å². The lowest BCUT2D eigenvalue weighted by molar-refractivity contribution is -0.385. The number of benzene rings is 2. The second-order valence-corrected chi connectivity index (χ2v) is 9.73. The van der Waals surface area contributed by atoms with E-state index < -0.39 is 38.6 Å². The molecule has 1 aliphatic rings. The molecule has 1 saturated heterocycles. The lowest BCUT2D eigenvalue weighted by atomic mass is 10.1. The molecule has 2 aromatic rings. The number of ether oxygens (including phenoxy) is 1. The highest BCUT2D eigenvalue weighted by Crippen LogP contribution is 2.50. The van der Waals surface area contributed by atoms with Crippen LogP contribution >= 0.6 is 0 Å². The topological polar surface area (TPSA) is 107 Å². The smallest absolute Gasteiger partial charge is 0.327 e. The Morgan fingerprint density at radius 2 is 1.69 bits per heavy atom. The number of rotatable bonds is 5. The summed E-state index contributed by atoms with van der Waals surface area (Å²) in [6.45, 7) is 6.84. The third-order valence-electron chi connectivity index (χ3n) is 4.45. The molecule has 0 bridgehead atoms. The van der Waals surface area contributed by atoms with Crippen molar-refractivity contribution in [1.29, 1.82) is 0 Å². The number of nitro groups is 1. The van der Waals surface area contributed by atoms with Crippen molar-refractivity contribution >= 4 is 21.7 Å². The Kier molecular flexibility index (Phi) is 5.22. The molecule has 1 heterocycles. The van der Waals surface area contributed by atoms with Crippen LogP contribution in [0.2, 0.25) is 0 Å². The van der Waals surface area contributed by atoms with Crippen molar-refractivity contribution in [1.82, 2.24) is 4.31 Å². The normalized spacial score (nSPS) is 21.4. The number of esters is 1.